The maximum Gasteiger partial charge on any atom is 0.326 e. The van der Waals surface area contributed by atoms with E-state index in [0.29, 0.717) is 5.56 Å². The third kappa shape index (κ3) is 10.8. The number of nitrogens with one attached hydrogen (secondary N) is 3. The summed E-state index contributed by atoms with van der Waals surface area (Å²) in [5.74, 6) is -3.64. The second-order valence-corrected chi connectivity index (χ2v) is 8.11. The van der Waals surface area contributed by atoms with Crippen molar-refractivity contribution in [1.29, 1.82) is 0 Å². The molecule has 0 saturated heterocycles. The Bertz CT molecular complexity index is 888. The first kappa shape index (κ1) is 29.3. The molecule has 5 unspecified atom stereocenters. The molecule has 0 saturated carbocycles. The third-order valence-corrected chi connectivity index (χ3v) is 4.95. The lowest BCUT2D eigenvalue weighted by atomic mass is 10.0. The first-order valence-electron chi connectivity index (χ1n) is 11.1. The van der Waals surface area contributed by atoms with Crippen molar-refractivity contribution in [2.24, 2.45) is 22.2 Å². The number of guanidine groups is 1. The van der Waals surface area contributed by atoms with Gasteiger partial charge in [-0.1, -0.05) is 30.3 Å². The fraction of sp³-hybridized carbons (Fsp3) is 0.500. The van der Waals surface area contributed by atoms with Gasteiger partial charge in [0.05, 0.1) is 12.1 Å². The van der Waals surface area contributed by atoms with Crippen LogP contribution in [-0.4, -0.2) is 76.7 Å². The molecule has 0 radical (unpaired) electrons. The molecule has 194 valence electrons. The number of benzene rings is 1. The second kappa shape index (κ2) is 14.5. The SMILES string of the molecule is CC(N)C(=O)NC(C(=O)NC(Cc1ccccc1)C(=O)NC(CCCN=C(N)N)C(=O)O)C(C)O. The van der Waals surface area contributed by atoms with Crippen LogP contribution in [0.4, 0.5) is 0 Å². The number of carbonyl (C=O) groups is 4. The summed E-state index contributed by atoms with van der Waals surface area (Å²) in [7, 11) is 0. The van der Waals surface area contributed by atoms with Gasteiger partial charge in [0.15, 0.2) is 5.96 Å². The third-order valence-electron chi connectivity index (χ3n) is 4.95. The summed E-state index contributed by atoms with van der Waals surface area (Å²) in [6.45, 7) is 2.90. The van der Waals surface area contributed by atoms with Crippen molar-refractivity contribution in [3.63, 3.8) is 0 Å². The van der Waals surface area contributed by atoms with Crippen LogP contribution in [0, 0.1) is 0 Å². The Morgan fingerprint density at radius 1 is 0.943 bits per heavy atom. The van der Waals surface area contributed by atoms with Gasteiger partial charge in [-0.3, -0.25) is 19.4 Å². The summed E-state index contributed by atoms with van der Waals surface area (Å²) < 4.78 is 0. The van der Waals surface area contributed by atoms with Gasteiger partial charge in [0.2, 0.25) is 17.7 Å². The fourth-order valence-electron chi connectivity index (χ4n) is 3.04. The van der Waals surface area contributed by atoms with Crippen molar-refractivity contribution >= 4 is 29.7 Å². The van der Waals surface area contributed by atoms with Crippen molar-refractivity contribution in [2.45, 2.75) is 63.4 Å². The van der Waals surface area contributed by atoms with Crippen LogP contribution in [-0.2, 0) is 25.6 Å². The number of aliphatic carboxylic acids is 1. The molecule has 3 amide bonds. The van der Waals surface area contributed by atoms with Gasteiger partial charge in [-0.2, -0.15) is 0 Å². The highest BCUT2D eigenvalue weighted by atomic mass is 16.4. The van der Waals surface area contributed by atoms with Crippen LogP contribution in [0.15, 0.2) is 35.3 Å². The minimum Gasteiger partial charge on any atom is -0.480 e. The predicted molar refractivity (Wildman–Crippen MR) is 129 cm³/mol. The molecule has 0 heterocycles. The number of hydrogen-bond donors (Lipinski definition) is 8. The zero-order chi connectivity index (χ0) is 26.5. The molecule has 0 aliphatic rings. The van der Waals surface area contributed by atoms with Gasteiger partial charge in [0, 0.05) is 13.0 Å². The quantitative estimate of drug-likeness (QED) is 0.0778. The minimum atomic E-state index is -1.38. The Balaban J connectivity index is 3.04. The van der Waals surface area contributed by atoms with Gasteiger partial charge in [0.1, 0.15) is 18.1 Å². The maximum absolute atomic E-state index is 13.0. The number of aliphatic hydroxyl groups excluding tert-OH is 1. The number of aliphatic hydroxyl groups is 1. The maximum atomic E-state index is 13.0. The number of carboxylic acid groups (broad SMARTS) is 1. The molecule has 0 aliphatic heterocycles. The van der Waals surface area contributed by atoms with E-state index in [1.54, 1.807) is 30.3 Å². The number of carboxylic acids is 1. The zero-order valence-electron chi connectivity index (χ0n) is 19.8. The van der Waals surface area contributed by atoms with Crippen molar-refractivity contribution < 1.29 is 29.4 Å². The molecule has 1 aromatic rings. The monoisotopic (exact) mass is 493 g/mol. The van der Waals surface area contributed by atoms with Gasteiger partial charge in [-0.25, -0.2) is 4.79 Å². The van der Waals surface area contributed by atoms with Crippen LogP contribution >= 0.6 is 0 Å². The minimum absolute atomic E-state index is 0.0342. The average Bonchev–Trinajstić information content (AvgIpc) is 2.78. The molecule has 1 rings (SSSR count). The van der Waals surface area contributed by atoms with Gasteiger partial charge < -0.3 is 43.4 Å². The van der Waals surface area contributed by atoms with Crippen LogP contribution < -0.4 is 33.2 Å². The van der Waals surface area contributed by atoms with Crippen molar-refractivity contribution in [3.8, 4) is 0 Å². The van der Waals surface area contributed by atoms with Crippen LogP contribution in [0.3, 0.4) is 0 Å². The second-order valence-electron chi connectivity index (χ2n) is 8.11. The van der Waals surface area contributed by atoms with Gasteiger partial charge in [-0.05, 0) is 32.3 Å². The number of hydrogen-bond acceptors (Lipinski definition) is 7. The number of nitrogens with two attached hydrogens (primary N) is 3. The topological polar surface area (TPSA) is 235 Å². The Kier molecular flexibility index (Phi) is 12.2. The molecule has 11 N–H and O–H groups in total. The normalized spacial score (nSPS) is 15.0. The smallest absolute Gasteiger partial charge is 0.326 e. The van der Waals surface area contributed by atoms with E-state index in [9.17, 15) is 29.4 Å². The van der Waals surface area contributed by atoms with E-state index in [0.717, 1.165) is 0 Å². The summed E-state index contributed by atoms with van der Waals surface area (Å²) in [5, 5.41) is 26.8. The predicted octanol–water partition coefficient (Wildman–Crippen LogP) is -2.45. The highest BCUT2D eigenvalue weighted by Gasteiger charge is 2.32. The highest BCUT2D eigenvalue weighted by molar-refractivity contribution is 5.94. The number of amides is 3. The number of nitrogens with zero attached hydrogens (tertiary/aromatic N) is 1. The van der Waals surface area contributed by atoms with Crippen LogP contribution in [0.5, 0.6) is 0 Å². The summed E-state index contributed by atoms with van der Waals surface area (Å²) in [6.07, 6.45) is -0.921. The largest absolute Gasteiger partial charge is 0.480 e. The Hall–Kier alpha value is -3.71. The molecule has 1 aromatic carbocycles. The number of carbonyl (C=O) groups excluding carboxylic acids is 3. The molecule has 0 fully saturated rings. The standard InChI is InChI=1S/C22H35N7O6/c1-12(23)18(31)29-17(13(2)30)20(33)28-16(11-14-7-4-3-5-8-14)19(32)27-15(21(34)35)9-6-10-26-22(24)25/h3-5,7-8,12-13,15-17,30H,6,9-11,23H2,1-2H3,(H,27,32)(H,28,33)(H,29,31)(H,34,35)(H4,24,25,26). The van der Waals surface area contributed by atoms with E-state index in [1.807, 2.05) is 0 Å². The molecule has 0 aliphatic carbocycles. The van der Waals surface area contributed by atoms with E-state index in [1.165, 1.54) is 13.8 Å². The molecular weight excluding hydrogens is 458 g/mol. The first-order valence-corrected chi connectivity index (χ1v) is 11.1. The molecule has 35 heavy (non-hydrogen) atoms. The van der Waals surface area contributed by atoms with Gasteiger partial charge in [-0.15, -0.1) is 0 Å². The fourth-order valence-corrected chi connectivity index (χ4v) is 3.04. The Morgan fingerprint density at radius 3 is 2.06 bits per heavy atom. The Morgan fingerprint density at radius 2 is 1.54 bits per heavy atom. The number of aliphatic imine (C=N–C) groups is 1. The Labute approximate surface area is 203 Å². The number of rotatable bonds is 14. The van der Waals surface area contributed by atoms with E-state index in [4.69, 9.17) is 17.2 Å². The van der Waals surface area contributed by atoms with Crippen molar-refractivity contribution in [3.05, 3.63) is 35.9 Å². The van der Waals surface area contributed by atoms with Crippen LogP contribution in [0.1, 0.15) is 32.3 Å². The summed E-state index contributed by atoms with van der Waals surface area (Å²) in [5.41, 5.74) is 16.7. The molecule has 13 heteroatoms. The molecule has 0 bridgehead atoms. The average molecular weight is 494 g/mol. The molecule has 0 spiro atoms. The van der Waals surface area contributed by atoms with Gasteiger partial charge >= 0.3 is 5.97 Å². The van der Waals surface area contributed by atoms with E-state index in [-0.39, 0.29) is 31.8 Å². The summed E-state index contributed by atoms with van der Waals surface area (Å²) in [4.78, 5) is 53.3. The zero-order valence-corrected chi connectivity index (χ0v) is 19.8. The molecule has 5 atom stereocenters. The van der Waals surface area contributed by atoms with E-state index < -0.39 is 54.0 Å². The lowest BCUT2D eigenvalue weighted by Gasteiger charge is -2.26. The summed E-state index contributed by atoms with van der Waals surface area (Å²) >= 11 is 0. The lowest BCUT2D eigenvalue weighted by molar-refractivity contribution is -0.142. The summed E-state index contributed by atoms with van der Waals surface area (Å²) in [6, 6.07) is 3.99. The van der Waals surface area contributed by atoms with Crippen LogP contribution in [0.25, 0.3) is 0 Å². The first-order chi connectivity index (χ1) is 16.4. The molecule has 13 nitrogen and oxygen atoms in total. The van der Waals surface area contributed by atoms with Gasteiger partial charge in [0.25, 0.3) is 0 Å². The van der Waals surface area contributed by atoms with Crippen molar-refractivity contribution in [1.82, 2.24) is 16.0 Å². The molecule has 0 aromatic heterocycles. The van der Waals surface area contributed by atoms with Crippen molar-refractivity contribution in [2.75, 3.05) is 6.54 Å². The highest BCUT2D eigenvalue weighted by Crippen LogP contribution is 2.07. The van der Waals surface area contributed by atoms with E-state index >= 15 is 0 Å². The van der Waals surface area contributed by atoms with Crippen LogP contribution in [0.2, 0.25) is 0 Å². The van der Waals surface area contributed by atoms with E-state index in [2.05, 4.69) is 20.9 Å². The lowest BCUT2D eigenvalue weighted by Crippen LogP contribution is -2.60. The molecular formula is C22H35N7O6.